The van der Waals surface area contributed by atoms with Crippen LogP contribution in [0.2, 0.25) is 0 Å². The van der Waals surface area contributed by atoms with E-state index in [0.29, 0.717) is 0 Å². The molecule has 0 saturated carbocycles. The minimum absolute atomic E-state index is 0. The topological polar surface area (TPSA) is 9.23 Å². The van der Waals surface area contributed by atoms with Crippen LogP contribution in [-0.4, -0.2) is 0 Å². The van der Waals surface area contributed by atoms with Gasteiger partial charge in [0.2, 0.25) is 0 Å². The molecule has 0 aromatic heterocycles. The van der Waals surface area contributed by atoms with Crippen LogP contribution >= 0.6 is 0 Å². The van der Waals surface area contributed by atoms with E-state index in [9.17, 15) is 0 Å². The Labute approximate surface area is 76.7 Å². The van der Waals surface area contributed by atoms with Crippen LogP contribution in [-0.2, 0) is 21.4 Å². The molecule has 1 aliphatic rings. The Morgan fingerprint density at radius 2 is 2.11 bits per heavy atom. The fourth-order valence-corrected chi connectivity index (χ4v) is 0.707. The molecule has 0 aromatic rings. The van der Waals surface area contributed by atoms with Gasteiger partial charge in [-0.3, -0.25) is 0 Å². The van der Waals surface area contributed by atoms with Crippen molar-refractivity contribution in [3.63, 3.8) is 0 Å². The summed E-state index contributed by atoms with van der Waals surface area (Å²) in [5.41, 5.74) is 0. The summed E-state index contributed by atoms with van der Waals surface area (Å²) in [5, 5.41) is 0. The van der Waals surface area contributed by atoms with Crippen LogP contribution in [0.25, 0.3) is 0 Å². The number of halogens is 2. The second kappa shape index (κ2) is 6.56. The first-order valence-corrected chi connectivity index (χ1v) is 2.67. The SMILES string of the molecule is [Cl-].[Cl-].[V+2][O]C1=CC=CC1. The number of rotatable bonds is 1. The van der Waals surface area contributed by atoms with E-state index in [1.165, 1.54) is 0 Å². The molecule has 50 valence electrons. The van der Waals surface area contributed by atoms with Gasteiger partial charge in [-0.2, -0.15) is 0 Å². The Hall–Kier alpha value is 0.444. The molecule has 0 bridgehead atoms. The summed E-state index contributed by atoms with van der Waals surface area (Å²) in [4.78, 5) is 0. The molecule has 0 heterocycles. The van der Waals surface area contributed by atoms with Crippen molar-refractivity contribution in [3.8, 4) is 0 Å². The van der Waals surface area contributed by atoms with E-state index in [2.05, 4.69) is 23.9 Å². The van der Waals surface area contributed by atoms with E-state index < -0.39 is 0 Å². The van der Waals surface area contributed by atoms with Crippen LogP contribution in [0.5, 0.6) is 0 Å². The van der Waals surface area contributed by atoms with E-state index in [-0.39, 0.29) is 24.8 Å². The maximum atomic E-state index is 4.85. The van der Waals surface area contributed by atoms with E-state index in [1.807, 2.05) is 12.2 Å². The van der Waals surface area contributed by atoms with Crippen molar-refractivity contribution in [1.82, 2.24) is 0 Å². The Morgan fingerprint density at radius 3 is 2.33 bits per heavy atom. The summed E-state index contributed by atoms with van der Waals surface area (Å²) in [6, 6.07) is 0. The number of allylic oxidation sites excluding steroid dienone is 3. The average Bonchev–Trinajstić information content (AvgIpc) is 2.14. The van der Waals surface area contributed by atoms with E-state index in [1.54, 1.807) is 0 Å². The zero-order chi connectivity index (χ0) is 5.11. The second-order valence-electron chi connectivity index (χ2n) is 1.36. The normalized spacial score (nSPS) is 13.0. The van der Waals surface area contributed by atoms with Crippen LogP contribution in [0.3, 0.4) is 0 Å². The molecule has 1 nitrogen and oxygen atoms in total. The van der Waals surface area contributed by atoms with Crippen LogP contribution in [0.15, 0.2) is 24.0 Å². The molecule has 0 aliphatic heterocycles. The van der Waals surface area contributed by atoms with Gasteiger partial charge in [0.15, 0.2) is 0 Å². The van der Waals surface area contributed by atoms with Crippen molar-refractivity contribution >= 4 is 0 Å². The molecule has 1 rings (SSSR count). The van der Waals surface area contributed by atoms with Gasteiger partial charge in [-0.25, -0.2) is 0 Å². The summed E-state index contributed by atoms with van der Waals surface area (Å²) >= 11 is 2.08. The summed E-state index contributed by atoms with van der Waals surface area (Å²) in [5.74, 6) is 1.03. The predicted molar refractivity (Wildman–Crippen MR) is 22.9 cm³/mol. The van der Waals surface area contributed by atoms with Gasteiger partial charge in [-0.15, -0.1) is 0 Å². The van der Waals surface area contributed by atoms with Gasteiger partial charge in [0.05, 0.1) is 0 Å². The van der Waals surface area contributed by atoms with Crippen molar-refractivity contribution in [2.75, 3.05) is 0 Å². The number of hydrogen-bond acceptors (Lipinski definition) is 1. The first kappa shape index (κ1) is 12.2. The molecule has 0 radical (unpaired) electrons. The van der Waals surface area contributed by atoms with Crippen LogP contribution in [0.1, 0.15) is 6.42 Å². The summed E-state index contributed by atoms with van der Waals surface area (Å²) < 4.78 is 4.85. The molecular weight excluding hydrogens is 198 g/mol. The molecule has 0 amide bonds. The quantitative estimate of drug-likeness (QED) is 0.416. The number of hydrogen-bond donors (Lipinski definition) is 0. The molecule has 0 atom stereocenters. The second-order valence-corrected chi connectivity index (χ2v) is 1.64. The van der Waals surface area contributed by atoms with Gasteiger partial charge in [0.25, 0.3) is 0 Å². The Bertz CT molecular complexity index is 122. The summed E-state index contributed by atoms with van der Waals surface area (Å²) in [7, 11) is 0. The Balaban J connectivity index is 0. The third-order valence-corrected chi connectivity index (χ3v) is 1.22. The summed E-state index contributed by atoms with van der Waals surface area (Å²) in [6.07, 6.45) is 6.96. The Morgan fingerprint density at radius 1 is 1.44 bits per heavy atom. The minimum atomic E-state index is 0. The first-order valence-electron chi connectivity index (χ1n) is 2.10. The average molecular weight is 203 g/mol. The fraction of sp³-hybridized carbons (Fsp3) is 0.200. The molecule has 0 spiro atoms. The van der Waals surface area contributed by atoms with Crippen molar-refractivity contribution in [1.29, 1.82) is 0 Å². The van der Waals surface area contributed by atoms with Gasteiger partial charge in [0.1, 0.15) is 0 Å². The van der Waals surface area contributed by atoms with Gasteiger partial charge in [0, 0.05) is 0 Å². The van der Waals surface area contributed by atoms with Crippen molar-refractivity contribution in [3.05, 3.63) is 24.0 Å². The molecule has 9 heavy (non-hydrogen) atoms. The Kier molecular flexibility index (Phi) is 8.86. The van der Waals surface area contributed by atoms with Crippen LogP contribution in [0.4, 0.5) is 0 Å². The van der Waals surface area contributed by atoms with Crippen molar-refractivity contribution in [2.45, 2.75) is 6.42 Å². The first-order chi connectivity index (χ1) is 3.43. The van der Waals surface area contributed by atoms with Gasteiger partial charge in [-0.1, -0.05) is 0 Å². The molecule has 1 aliphatic carbocycles. The van der Waals surface area contributed by atoms with Crippen molar-refractivity contribution < 1.29 is 46.3 Å². The van der Waals surface area contributed by atoms with Gasteiger partial charge < -0.3 is 24.8 Å². The molecule has 0 aromatic carbocycles. The molecule has 0 saturated heterocycles. The molecular formula is C5H5Cl2OV. The third-order valence-electron chi connectivity index (χ3n) is 0.854. The molecule has 0 fully saturated rings. The zero-order valence-electron chi connectivity index (χ0n) is 4.55. The third kappa shape index (κ3) is 3.93. The van der Waals surface area contributed by atoms with E-state index in [4.69, 9.17) is 3.66 Å². The molecule has 4 heteroatoms. The maximum absolute atomic E-state index is 4.85. The summed E-state index contributed by atoms with van der Waals surface area (Å²) in [6.45, 7) is 0. The van der Waals surface area contributed by atoms with Gasteiger partial charge >= 0.3 is 51.8 Å². The standard InChI is InChI=1S/C5H6O.2ClH.V/c6-5-3-1-2-4-5;;;/h1-3,6H,4H2;2*1H;/q;;;+3/p-3. The predicted octanol–water partition coefficient (Wildman–Crippen LogP) is -4.68. The molecule has 0 unspecified atom stereocenters. The van der Waals surface area contributed by atoms with E-state index >= 15 is 0 Å². The molecule has 0 N–H and O–H groups in total. The van der Waals surface area contributed by atoms with Crippen LogP contribution in [0, 0.1) is 0 Å². The van der Waals surface area contributed by atoms with Crippen LogP contribution < -0.4 is 24.8 Å². The monoisotopic (exact) mass is 202 g/mol. The fourth-order valence-electron chi connectivity index (χ4n) is 0.495. The van der Waals surface area contributed by atoms with Gasteiger partial charge in [-0.05, 0) is 0 Å². The van der Waals surface area contributed by atoms with Crippen molar-refractivity contribution in [2.24, 2.45) is 0 Å². The zero-order valence-corrected chi connectivity index (χ0v) is 7.46. The van der Waals surface area contributed by atoms with E-state index in [0.717, 1.165) is 12.2 Å².